The van der Waals surface area contributed by atoms with Crippen LogP contribution in [0.2, 0.25) is 10.0 Å². The number of esters is 1. The second-order valence-corrected chi connectivity index (χ2v) is 13.4. The monoisotopic (exact) mass is 608 g/mol. The Morgan fingerprint density at radius 3 is 2.44 bits per heavy atom. The molecule has 0 aromatic heterocycles. The van der Waals surface area contributed by atoms with E-state index in [2.05, 4.69) is 5.32 Å². The molecule has 1 aliphatic heterocycles. The number of nitrogens with one attached hydrogen (secondary N) is 1. The molecule has 0 saturated carbocycles. The molecule has 4 rings (SSSR count). The minimum absolute atomic E-state index is 0.0649. The van der Waals surface area contributed by atoms with Gasteiger partial charge in [0.15, 0.2) is 0 Å². The standard InChI is InChI=1S/C27H26Cl2N2O6S2/c1-27(2,3)37-26(33)19-8-7-18(15-20(19)29)30-25(32)16-5-10-23-21(13-16)31(11-12-38-23)39(34,35)24-14-17(28)6-9-22(24)36-4/h5-10,13-15H,11-12H2,1-4H3,(H,30,32). The molecular formula is C27H26Cl2N2O6S2. The molecule has 0 spiro atoms. The minimum atomic E-state index is -4.06. The van der Waals surface area contributed by atoms with Gasteiger partial charge in [0.1, 0.15) is 16.2 Å². The zero-order chi connectivity index (χ0) is 28.5. The molecule has 3 aromatic rings. The average Bonchev–Trinajstić information content (AvgIpc) is 2.86. The number of carbonyl (C=O) groups excluding carboxylic acids is 2. The third-order valence-corrected chi connectivity index (χ3v) is 9.01. The smallest absolute Gasteiger partial charge is 0.340 e. The zero-order valence-corrected chi connectivity index (χ0v) is 24.7. The number of carbonyl (C=O) groups is 2. The fourth-order valence-corrected chi connectivity index (χ4v) is 7.15. The van der Waals surface area contributed by atoms with E-state index in [4.69, 9.17) is 32.7 Å². The molecular weight excluding hydrogens is 583 g/mol. The Morgan fingerprint density at radius 1 is 1.03 bits per heavy atom. The summed E-state index contributed by atoms with van der Waals surface area (Å²) >= 11 is 13.9. The zero-order valence-electron chi connectivity index (χ0n) is 21.6. The van der Waals surface area contributed by atoms with Crippen LogP contribution in [0.15, 0.2) is 64.4 Å². The summed E-state index contributed by atoms with van der Waals surface area (Å²) in [7, 11) is -2.67. The van der Waals surface area contributed by atoms with Crippen LogP contribution < -0.4 is 14.4 Å². The molecule has 1 amide bonds. The number of ether oxygens (including phenoxy) is 2. The minimum Gasteiger partial charge on any atom is -0.495 e. The number of hydrogen-bond acceptors (Lipinski definition) is 7. The fraction of sp³-hybridized carbons (Fsp3) is 0.259. The Morgan fingerprint density at radius 2 is 1.77 bits per heavy atom. The summed E-state index contributed by atoms with van der Waals surface area (Å²) in [4.78, 5) is 26.2. The molecule has 12 heteroatoms. The number of amides is 1. The molecule has 0 aliphatic carbocycles. The van der Waals surface area contributed by atoms with Crippen molar-refractivity contribution in [2.45, 2.75) is 36.2 Å². The molecule has 1 aliphatic rings. The molecule has 0 fully saturated rings. The second-order valence-electron chi connectivity index (χ2n) is 9.55. The van der Waals surface area contributed by atoms with Crippen LogP contribution in [-0.2, 0) is 14.8 Å². The van der Waals surface area contributed by atoms with Gasteiger partial charge in [-0.3, -0.25) is 9.10 Å². The lowest BCUT2D eigenvalue weighted by Crippen LogP contribution is -2.36. The van der Waals surface area contributed by atoms with E-state index in [-0.39, 0.29) is 38.4 Å². The number of benzene rings is 3. The Balaban J connectivity index is 1.61. The summed E-state index contributed by atoms with van der Waals surface area (Å²) in [6.07, 6.45) is 0. The van der Waals surface area contributed by atoms with E-state index in [1.54, 1.807) is 45.0 Å². The van der Waals surface area contributed by atoms with Crippen LogP contribution in [0.25, 0.3) is 0 Å². The summed E-state index contributed by atoms with van der Waals surface area (Å²) in [6.45, 7) is 5.45. The van der Waals surface area contributed by atoms with Gasteiger partial charge in [0.2, 0.25) is 0 Å². The number of rotatable bonds is 6. The lowest BCUT2D eigenvalue weighted by molar-refractivity contribution is 0.00696. The average molecular weight is 610 g/mol. The topological polar surface area (TPSA) is 102 Å². The lowest BCUT2D eigenvalue weighted by Gasteiger charge is -2.31. The summed E-state index contributed by atoms with van der Waals surface area (Å²) in [5.74, 6) is -0.356. The second kappa shape index (κ2) is 11.3. The maximum Gasteiger partial charge on any atom is 0.340 e. The quantitative estimate of drug-likeness (QED) is 0.318. The van der Waals surface area contributed by atoms with Gasteiger partial charge in [0.05, 0.1) is 23.4 Å². The Kier molecular flexibility index (Phi) is 8.41. The molecule has 39 heavy (non-hydrogen) atoms. The van der Waals surface area contributed by atoms with Crippen molar-refractivity contribution < 1.29 is 27.5 Å². The third kappa shape index (κ3) is 6.46. The number of halogens is 2. The van der Waals surface area contributed by atoms with Crippen molar-refractivity contribution in [3.05, 3.63) is 75.8 Å². The largest absolute Gasteiger partial charge is 0.495 e. The summed E-state index contributed by atoms with van der Waals surface area (Å²) in [6, 6.07) is 13.7. The Labute approximate surface area is 241 Å². The molecule has 1 heterocycles. The first kappa shape index (κ1) is 29.1. The third-order valence-electron chi connectivity index (χ3n) is 5.58. The molecule has 1 N–H and O–H groups in total. The number of fused-ring (bicyclic) bond motifs is 1. The Hall–Kier alpha value is -2.92. The van der Waals surface area contributed by atoms with E-state index < -0.39 is 27.5 Å². The van der Waals surface area contributed by atoms with Crippen LogP contribution in [0.1, 0.15) is 41.5 Å². The molecule has 0 unspecified atom stereocenters. The highest BCUT2D eigenvalue weighted by Gasteiger charge is 2.32. The highest BCUT2D eigenvalue weighted by atomic mass is 35.5. The van der Waals surface area contributed by atoms with Crippen LogP contribution in [-0.4, -0.2) is 45.3 Å². The van der Waals surface area contributed by atoms with Crippen molar-refractivity contribution in [3.8, 4) is 5.75 Å². The number of thioether (sulfide) groups is 1. The van der Waals surface area contributed by atoms with Gasteiger partial charge in [-0.15, -0.1) is 11.8 Å². The van der Waals surface area contributed by atoms with Crippen LogP contribution in [0.5, 0.6) is 5.75 Å². The number of nitrogens with zero attached hydrogens (tertiary/aromatic N) is 1. The molecule has 3 aromatic carbocycles. The number of sulfonamides is 1. The van der Waals surface area contributed by atoms with E-state index >= 15 is 0 Å². The predicted octanol–water partition coefficient (Wildman–Crippen LogP) is 6.51. The fourth-order valence-electron chi connectivity index (χ4n) is 3.85. The highest BCUT2D eigenvalue weighted by Crippen LogP contribution is 2.40. The van der Waals surface area contributed by atoms with E-state index in [1.165, 1.54) is 53.5 Å². The van der Waals surface area contributed by atoms with Gasteiger partial charge in [-0.1, -0.05) is 23.2 Å². The number of hydrogen-bond donors (Lipinski definition) is 1. The maximum absolute atomic E-state index is 13.7. The SMILES string of the molecule is COc1ccc(Cl)cc1S(=O)(=O)N1CCSc2ccc(C(=O)Nc3ccc(C(=O)OC(C)(C)C)c(Cl)c3)cc21. The maximum atomic E-state index is 13.7. The van der Waals surface area contributed by atoms with Gasteiger partial charge < -0.3 is 14.8 Å². The summed E-state index contributed by atoms with van der Waals surface area (Å²) < 4.78 is 39.3. The van der Waals surface area contributed by atoms with Gasteiger partial charge in [0, 0.05) is 33.5 Å². The highest BCUT2D eigenvalue weighted by molar-refractivity contribution is 8.00. The van der Waals surface area contributed by atoms with Gasteiger partial charge in [-0.05, 0) is 75.4 Å². The number of anilines is 2. The van der Waals surface area contributed by atoms with Crippen LogP contribution in [0, 0.1) is 0 Å². The molecule has 0 bridgehead atoms. The van der Waals surface area contributed by atoms with E-state index in [0.29, 0.717) is 22.0 Å². The van der Waals surface area contributed by atoms with Crippen molar-refractivity contribution in [1.29, 1.82) is 0 Å². The van der Waals surface area contributed by atoms with Crippen LogP contribution >= 0.6 is 35.0 Å². The van der Waals surface area contributed by atoms with Gasteiger partial charge >= 0.3 is 5.97 Å². The summed E-state index contributed by atoms with van der Waals surface area (Å²) in [5, 5.41) is 3.12. The van der Waals surface area contributed by atoms with Crippen molar-refractivity contribution in [2.75, 3.05) is 29.0 Å². The van der Waals surface area contributed by atoms with Gasteiger partial charge in [-0.25, -0.2) is 13.2 Å². The molecule has 206 valence electrons. The van der Waals surface area contributed by atoms with Crippen molar-refractivity contribution in [2.24, 2.45) is 0 Å². The first-order chi connectivity index (χ1) is 18.3. The van der Waals surface area contributed by atoms with Crippen molar-refractivity contribution >= 4 is 68.2 Å². The molecule has 0 atom stereocenters. The molecule has 0 saturated heterocycles. The lowest BCUT2D eigenvalue weighted by atomic mass is 10.1. The summed E-state index contributed by atoms with van der Waals surface area (Å²) in [5.41, 5.74) is 0.462. The molecule has 8 nitrogen and oxygen atoms in total. The van der Waals surface area contributed by atoms with Gasteiger partial charge in [0.25, 0.3) is 15.9 Å². The van der Waals surface area contributed by atoms with E-state index in [1.807, 2.05) is 0 Å². The van der Waals surface area contributed by atoms with E-state index in [0.717, 1.165) is 0 Å². The first-order valence-electron chi connectivity index (χ1n) is 11.8. The van der Waals surface area contributed by atoms with Crippen LogP contribution in [0.4, 0.5) is 11.4 Å². The molecule has 0 radical (unpaired) electrons. The van der Waals surface area contributed by atoms with E-state index in [9.17, 15) is 18.0 Å². The normalized spacial score (nSPS) is 13.4. The number of methoxy groups -OCH3 is 1. The first-order valence-corrected chi connectivity index (χ1v) is 15.0. The Bertz CT molecular complexity index is 1550. The van der Waals surface area contributed by atoms with Crippen molar-refractivity contribution in [1.82, 2.24) is 0 Å². The van der Waals surface area contributed by atoms with Crippen LogP contribution in [0.3, 0.4) is 0 Å². The van der Waals surface area contributed by atoms with Crippen molar-refractivity contribution in [3.63, 3.8) is 0 Å². The predicted molar refractivity (Wildman–Crippen MR) is 154 cm³/mol. The van der Waals surface area contributed by atoms with Gasteiger partial charge in [-0.2, -0.15) is 0 Å².